The van der Waals surface area contributed by atoms with E-state index in [-0.39, 0.29) is 13.2 Å². The maximum atomic E-state index is 10.0. The summed E-state index contributed by atoms with van der Waals surface area (Å²) in [5.74, 6) is 0. The van der Waals surface area contributed by atoms with Gasteiger partial charge in [-0.25, -0.2) is 0 Å². The zero-order chi connectivity index (χ0) is 14.3. The fraction of sp³-hybridized carbons (Fsp3) is 0.692. The highest BCUT2D eigenvalue weighted by Gasteiger charge is 2.45. The molecule has 110 valence electrons. The maximum absolute atomic E-state index is 10.0. The average Bonchev–Trinajstić information content (AvgIpc) is 2.42. The van der Waals surface area contributed by atoms with Gasteiger partial charge in [0.1, 0.15) is 24.4 Å². The molecular weight excluding hydrogens is 252 g/mol. The number of methoxy groups -OCH3 is 1. The van der Waals surface area contributed by atoms with Gasteiger partial charge in [0.05, 0.1) is 19.8 Å². The van der Waals surface area contributed by atoms with Crippen molar-refractivity contribution in [2.45, 2.75) is 30.7 Å². The van der Waals surface area contributed by atoms with E-state index in [1.54, 1.807) is 12.2 Å². The first-order valence-corrected chi connectivity index (χ1v) is 6.11. The molecule has 0 aliphatic carbocycles. The zero-order valence-corrected chi connectivity index (χ0v) is 11.1. The molecule has 5 atom stereocenters. The van der Waals surface area contributed by atoms with Gasteiger partial charge in [-0.3, -0.25) is 0 Å². The molecule has 0 spiro atoms. The number of ether oxygens (including phenoxy) is 4. The van der Waals surface area contributed by atoms with Crippen LogP contribution in [-0.4, -0.2) is 67.8 Å². The van der Waals surface area contributed by atoms with Crippen molar-refractivity contribution in [3.05, 3.63) is 25.3 Å². The standard InChI is InChI=1S/C13H22O6/c1-4-6-17-8-9-10(14)11(15)12(18-7-5-2)13(16-3)19-9/h4-5,9-15H,1-2,6-8H2,3H3/t9-,10+,11+,12-,13-/m1/s1. The van der Waals surface area contributed by atoms with Crippen molar-refractivity contribution in [3.8, 4) is 0 Å². The molecule has 0 aromatic carbocycles. The fourth-order valence-corrected chi connectivity index (χ4v) is 1.86. The van der Waals surface area contributed by atoms with Crippen LogP contribution < -0.4 is 0 Å². The van der Waals surface area contributed by atoms with Crippen LogP contribution in [0.4, 0.5) is 0 Å². The quantitative estimate of drug-likeness (QED) is 0.473. The van der Waals surface area contributed by atoms with Crippen LogP contribution in [-0.2, 0) is 18.9 Å². The van der Waals surface area contributed by atoms with Gasteiger partial charge in [0.15, 0.2) is 6.29 Å². The molecular formula is C13H22O6. The Labute approximate surface area is 113 Å². The van der Waals surface area contributed by atoms with Crippen molar-refractivity contribution in [1.29, 1.82) is 0 Å². The third-order valence-electron chi connectivity index (χ3n) is 2.80. The lowest BCUT2D eigenvalue weighted by Gasteiger charge is -2.41. The highest BCUT2D eigenvalue weighted by atomic mass is 16.7. The van der Waals surface area contributed by atoms with Crippen LogP contribution in [0.15, 0.2) is 25.3 Å². The van der Waals surface area contributed by atoms with Gasteiger partial charge in [0.2, 0.25) is 0 Å². The third kappa shape index (κ3) is 4.38. The predicted molar refractivity (Wildman–Crippen MR) is 68.6 cm³/mol. The first-order chi connectivity index (χ1) is 9.15. The Morgan fingerprint density at radius 2 is 1.84 bits per heavy atom. The van der Waals surface area contributed by atoms with E-state index in [1.807, 2.05) is 0 Å². The van der Waals surface area contributed by atoms with Crippen LogP contribution in [0.1, 0.15) is 0 Å². The lowest BCUT2D eigenvalue weighted by atomic mass is 9.99. The second kappa shape index (κ2) is 8.42. The van der Waals surface area contributed by atoms with Crippen LogP contribution >= 0.6 is 0 Å². The molecule has 0 unspecified atom stereocenters. The van der Waals surface area contributed by atoms with Crippen molar-refractivity contribution in [2.75, 3.05) is 26.9 Å². The summed E-state index contributed by atoms with van der Waals surface area (Å²) in [7, 11) is 1.45. The van der Waals surface area contributed by atoms with E-state index in [0.29, 0.717) is 6.61 Å². The summed E-state index contributed by atoms with van der Waals surface area (Å²) >= 11 is 0. The SMILES string of the molecule is C=CCOC[C@H]1O[C@@H](OC)[C@H](OCC=C)[C@@H](O)[C@H]1O. The Kier molecular flexibility index (Phi) is 7.22. The molecule has 0 amide bonds. The van der Waals surface area contributed by atoms with E-state index in [9.17, 15) is 10.2 Å². The highest BCUT2D eigenvalue weighted by Crippen LogP contribution is 2.24. The summed E-state index contributed by atoms with van der Waals surface area (Å²) < 4.78 is 21.2. The molecule has 19 heavy (non-hydrogen) atoms. The van der Waals surface area contributed by atoms with Gasteiger partial charge in [0.25, 0.3) is 0 Å². The van der Waals surface area contributed by atoms with Gasteiger partial charge < -0.3 is 29.2 Å². The van der Waals surface area contributed by atoms with Gasteiger partial charge >= 0.3 is 0 Å². The van der Waals surface area contributed by atoms with Crippen LogP contribution in [0.3, 0.4) is 0 Å². The molecule has 0 bridgehead atoms. The maximum Gasteiger partial charge on any atom is 0.186 e. The smallest absolute Gasteiger partial charge is 0.186 e. The van der Waals surface area contributed by atoms with Crippen LogP contribution in [0.25, 0.3) is 0 Å². The normalized spacial score (nSPS) is 35.0. The van der Waals surface area contributed by atoms with Gasteiger partial charge in [-0.2, -0.15) is 0 Å². The van der Waals surface area contributed by atoms with Gasteiger partial charge in [-0.15, -0.1) is 13.2 Å². The van der Waals surface area contributed by atoms with Crippen molar-refractivity contribution in [1.82, 2.24) is 0 Å². The Morgan fingerprint density at radius 1 is 1.16 bits per heavy atom. The highest BCUT2D eigenvalue weighted by molar-refractivity contribution is 4.90. The predicted octanol–water partition coefficient (Wildman–Crippen LogP) is -0.147. The molecule has 2 N–H and O–H groups in total. The lowest BCUT2D eigenvalue weighted by molar-refractivity contribution is -0.303. The van der Waals surface area contributed by atoms with Crippen LogP contribution in [0.5, 0.6) is 0 Å². The minimum Gasteiger partial charge on any atom is -0.387 e. The molecule has 1 heterocycles. The summed E-state index contributed by atoms with van der Waals surface area (Å²) in [4.78, 5) is 0. The lowest BCUT2D eigenvalue weighted by Crippen LogP contribution is -2.60. The minimum absolute atomic E-state index is 0.137. The summed E-state index contributed by atoms with van der Waals surface area (Å²) in [6.07, 6.45) is -1.30. The topological polar surface area (TPSA) is 77.4 Å². The Bertz CT molecular complexity index is 278. The number of aliphatic hydroxyl groups is 2. The molecule has 1 saturated heterocycles. The molecule has 6 nitrogen and oxygen atoms in total. The second-order valence-electron chi connectivity index (χ2n) is 4.17. The molecule has 0 radical (unpaired) electrons. The Balaban J connectivity index is 2.61. The van der Waals surface area contributed by atoms with E-state index in [0.717, 1.165) is 0 Å². The van der Waals surface area contributed by atoms with Crippen molar-refractivity contribution in [2.24, 2.45) is 0 Å². The zero-order valence-electron chi connectivity index (χ0n) is 11.1. The molecule has 0 aromatic heterocycles. The first-order valence-electron chi connectivity index (χ1n) is 6.11. The summed E-state index contributed by atoms with van der Waals surface area (Å²) in [5.41, 5.74) is 0. The molecule has 1 fully saturated rings. The van der Waals surface area contributed by atoms with Crippen molar-refractivity contribution in [3.63, 3.8) is 0 Å². The Hall–Kier alpha value is -0.760. The van der Waals surface area contributed by atoms with Crippen LogP contribution in [0, 0.1) is 0 Å². The van der Waals surface area contributed by atoms with Crippen molar-refractivity contribution >= 4 is 0 Å². The average molecular weight is 274 g/mol. The first kappa shape index (κ1) is 16.3. The number of hydrogen-bond acceptors (Lipinski definition) is 6. The molecule has 1 rings (SSSR count). The molecule has 0 saturated carbocycles. The fourth-order valence-electron chi connectivity index (χ4n) is 1.86. The molecule has 1 aliphatic heterocycles. The number of hydrogen-bond donors (Lipinski definition) is 2. The summed E-state index contributed by atoms with van der Waals surface area (Å²) in [6, 6.07) is 0. The third-order valence-corrected chi connectivity index (χ3v) is 2.80. The largest absolute Gasteiger partial charge is 0.387 e. The van der Waals surface area contributed by atoms with E-state index < -0.39 is 30.7 Å². The van der Waals surface area contributed by atoms with Gasteiger partial charge in [-0.1, -0.05) is 12.2 Å². The van der Waals surface area contributed by atoms with Crippen molar-refractivity contribution < 1.29 is 29.2 Å². The summed E-state index contributed by atoms with van der Waals surface area (Å²) in [6.45, 7) is 7.76. The van der Waals surface area contributed by atoms with Gasteiger partial charge in [0, 0.05) is 7.11 Å². The molecule has 1 aliphatic rings. The minimum atomic E-state index is -1.11. The summed E-state index contributed by atoms with van der Waals surface area (Å²) in [5, 5.41) is 20.0. The number of aliphatic hydroxyl groups excluding tert-OH is 2. The van der Waals surface area contributed by atoms with E-state index in [2.05, 4.69) is 13.2 Å². The number of rotatable bonds is 8. The Morgan fingerprint density at radius 3 is 2.42 bits per heavy atom. The van der Waals surface area contributed by atoms with E-state index >= 15 is 0 Å². The van der Waals surface area contributed by atoms with E-state index in [1.165, 1.54) is 7.11 Å². The second-order valence-corrected chi connectivity index (χ2v) is 4.17. The van der Waals surface area contributed by atoms with Crippen LogP contribution in [0.2, 0.25) is 0 Å². The molecule has 0 aromatic rings. The monoisotopic (exact) mass is 274 g/mol. The molecule has 6 heteroatoms. The van der Waals surface area contributed by atoms with Gasteiger partial charge in [-0.05, 0) is 0 Å². The van der Waals surface area contributed by atoms with E-state index in [4.69, 9.17) is 18.9 Å².